The molecule has 3 aromatic rings. The molecule has 0 amide bonds. The number of rotatable bonds is 5. The summed E-state index contributed by atoms with van der Waals surface area (Å²) in [6.07, 6.45) is 0. The van der Waals surface area contributed by atoms with Crippen molar-refractivity contribution in [2.75, 3.05) is 0 Å². The molecule has 0 nitrogen and oxygen atoms in total. The van der Waals surface area contributed by atoms with Crippen LogP contribution in [0, 0.1) is 0 Å². The highest BCUT2D eigenvalue weighted by atomic mass is 32.2. The van der Waals surface area contributed by atoms with Gasteiger partial charge in [-0.25, -0.2) is 0 Å². The lowest BCUT2D eigenvalue weighted by Crippen LogP contribution is -2.19. The van der Waals surface area contributed by atoms with Gasteiger partial charge in [0.2, 0.25) is 0 Å². The number of benzene rings is 3. The van der Waals surface area contributed by atoms with Crippen LogP contribution in [0.5, 0.6) is 0 Å². The second kappa shape index (κ2) is 6.85. The van der Waals surface area contributed by atoms with E-state index in [0.29, 0.717) is 0 Å². The molecule has 0 N–H and O–H groups in total. The Hall–Kier alpha value is -1.99. The van der Waals surface area contributed by atoms with Crippen molar-refractivity contribution in [1.29, 1.82) is 0 Å². The van der Waals surface area contributed by atoms with Crippen LogP contribution in [0.3, 0.4) is 0 Å². The van der Waals surface area contributed by atoms with Gasteiger partial charge in [0.05, 0.1) is 4.75 Å². The third-order valence-electron chi connectivity index (χ3n) is 4.02. The molecule has 0 heterocycles. The monoisotopic (exact) mass is 304 g/mol. The Morgan fingerprint density at radius 1 is 0.636 bits per heavy atom. The molecule has 0 unspecified atom stereocenters. The van der Waals surface area contributed by atoms with Gasteiger partial charge in [-0.3, -0.25) is 0 Å². The lowest BCUT2D eigenvalue weighted by atomic mass is 9.92. The van der Waals surface area contributed by atoms with E-state index in [2.05, 4.69) is 97.9 Å². The molecule has 0 atom stereocenters. The molecule has 0 aliphatic rings. The highest BCUT2D eigenvalue weighted by Crippen LogP contribution is 2.43. The van der Waals surface area contributed by atoms with E-state index in [9.17, 15) is 0 Å². The Balaban J connectivity index is 1.93. The summed E-state index contributed by atoms with van der Waals surface area (Å²) in [6, 6.07) is 32.3. The Bertz CT molecular complexity index is 650. The summed E-state index contributed by atoms with van der Waals surface area (Å²) in [5.74, 6) is 1.00. The van der Waals surface area contributed by atoms with Gasteiger partial charge in [0.1, 0.15) is 0 Å². The molecular formula is C21H20S. The fraction of sp³-hybridized carbons (Fsp3) is 0.143. The standard InChI is InChI=1S/C21H20S/c1-21(19-13-7-3-8-14-19,20-15-9-4-10-16-20)22-17-18-11-5-2-6-12-18/h2-16H,17H2,1H3. The minimum atomic E-state index is -0.0433. The fourth-order valence-electron chi connectivity index (χ4n) is 2.65. The van der Waals surface area contributed by atoms with Crippen molar-refractivity contribution in [2.24, 2.45) is 0 Å². The maximum atomic E-state index is 2.32. The van der Waals surface area contributed by atoms with Crippen LogP contribution in [0.2, 0.25) is 0 Å². The second-order valence-electron chi connectivity index (χ2n) is 5.54. The lowest BCUT2D eigenvalue weighted by Gasteiger charge is -2.30. The molecule has 0 bridgehead atoms. The fourth-order valence-corrected chi connectivity index (χ4v) is 3.90. The van der Waals surface area contributed by atoms with Crippen molar-refractivity contribution < 1.29 is 0 Å². The third-order valence-corrected chi connectivity index (χ3v) is 5.55. The zero-order chi connectivity index (χ0) is 15.3. The molecule has 0 spiro atoms. The van der Waals surface area contributed by atoms with Gasteiger partial charge in [0.25, 0.3) is 0 Å². The number of hydrogen-bond acceptors (Lipinski definition) is 1. The van der Waals surface area contributed by atoms with Crippen LogP contribution >= 0.6 is 11.8 Å². The molecule has 0 saturated carbocycles. The summed E-state index contributed by atoms with van der Waals surface area (Å²) in [5, 5.41) is 0. The normalized spacial score (nSPS) is 11.3. The molecule has 0 fully saturated rings. The van der Waals surface area contributed by atoms with Crippen molar-refractivity contribution in [1.82, 2.24) is 0 Å². The van der Waals surface area contributed by atoms with Crippen LogP contribution in [0.4, 0.5) is 0 Å². The first-order valence-corrected chi connectivity index (χ1v) is 8.56. The molecule has 0 aliphatic carbocycles. The highest BCUT2D eigenvalue weighted by molar-refractivity contribution is 7.99. The van der Waals surface area contributed by atoms with E-state index in [-0.39, 0.29) is 4.75 Å². The average Bonchev–Trinajstić information content (AvgIpc) is 2.62. The summed E-state index contributed by atoms with van der Waals surface area (Å²) >= 11 is 1.98. The highest BCUT2D eigenvalue weighted by Gasteiger charge is 2.29. The van der Waals surface area contributed by atoms with Gasteiger partial charge < -0.3 is 0 Å². The van der Waals surface area contributed by atoms with Gasteiger partial charge in [-0.1, -0.05) is 91.0 Å². The van der Waals surface area contributed by atoms with Crippen molar-refractivity contribution >= 4 is 11.8 Å². The predicted octanol–water partition coefficient (Wildman–Crippen LogP) is 5.88. The van der Waals surface area contributed by atoms with Crippen LogP contribution in [-0.4, -0.2) is 0 Å². The van der Waals surface area contributed by atoms with Crippen molar-refractivity contribution in [3.63, 3.8) is 0 Å². The zero-order valence-electron chi connectivity index (χ0n) is 12.8. The Morgan fingerprint density at radius 3 is 1.50 bits per heavy atom. The molecule has 0 saturated heterocycles. The third kappa shape index (κ3) is 3.26. The van der Waals surface area contributed by atoms with Crippen molar-refractivity contribution in [2.45, 2.75) is 17.4 Å². The lowest BCUT2D eigenvalue weighted by molar-refractivity contribution is 0.837. The second-order valence-corrected chi connectivity index (χ2v) is 6.93. The molecule has 0 aromatic heterocycles. The minimum Gasteiger partial charge on any atom is -0.141 e. The summed E-state index contributed by atoms with van der Waals surface area (Å²) in [7, 11) is 0. The van der Waals surface area contributed by atoms with E-state index in [1.807, 2.05) is 11.8 Å². The maximum Gasteiger partial charge on any atom is 0.0632 e. The topological polar surface area (TPSA) is 0 Å². The molecule has 3 rings (SSSR count). The van der Waals surface area contributed by atoms with E-state index in [1.165, 1.54) is 16.7 Å². The predicted molar refractivity (Wildman–Crippen MR) is 97.1 cm³/mol. The smallest absolute Gasteiger partial charge is 0.0632 e. The molecule has 0 aliphatic heterocycles. The molecule has 110 valence electrons. The zero-order valence-corrected chi connectivity index (χ0v) is 13.6. The summed E-state index contributed by atoms with van der Waals surface area (Å²) < 4.78 is -0.0433. The molecule has 1 heteroatoms. The molecule has 22 heavy (non-hydrogen) atoms. The summed E-state index contributed by atoms with van der Waals surface area (Å²) in [4.78, 5) is 0. The van der Waals surface area contributed by atoms with Crippen LogP contribution in [0.15, 0.2) is 91.0 Å². The van der Waals surface area contributed by atoms with Crippen LogP contribution in [0.25, 0.3) is 0 Å². The minimum absolute atomic E-state index is 0.0433. The van der Waals surface area contributed by atoms with Gasteiger partial charge in [0, 0.05) is 5.75 Å². The largest absolute Gasteiger partial charge is 0.141 e. The van der Waals surface area contributed by atoms with Crippen LogP contribution in [0.1, 0.15) is 23.6 Å². The van der Waals surface area contributed by atoms with E-state index >= 15 is 0 Å². The van der Waals surface area contributed by atoms with E-state index in [1.54, 1.807) is 0 Å². The van der Waals surface area contributed by atoms with Gasteiger partial charge in [-0.05, 0) is 23.6 Å². The van der Waals surface area contributed by atoms with Gasteiger partial charge in [0.15, 0.2) is 0 Å². The molecule has 3 aromatic carbocycles. The van der Waals surface area contributed by atoms with E-state index in [4.69, 9.17) is 0 Å². The first-order valence-electron chi connectivity index (χ1n) is 7.58. The summed E-state index contributed by atoms with van der Waals surface area (Å²) in [6.45, 7) is 2.32. The van der Waals surface area contributed by atoms with E-state index in [0.717, 1.165) is 5.75 Å². The average molecular weight is 304 g/mol. The van der Waals surface area contributed by atoms with Crippen LogP contribution in [-0.2, 0) is 10.5 Å². The van der Waals surface area contributed by atoms with E-state index < -0.39 is 0 Å². The first-order chi connectivity index (χ1) is 10.8. The molecular weight excluding hydrogens is 284 g/mol. The Morgan fingerprint density at radius 2 is 1.05 bits per heavy atom. The van der Waals surface area contributed by atoms with Gasteiger partial charge >= 0.3 is 0 Å². The maximum absolute atomic E-state index is 2.32. The molecule has 0 radical (unpaired) electrons. The van der Waals surface area contributed by atoms with Crippen molar-refractivity contribution in [3.8, 4) is 0 Å². The first kappa shape index (κ1) is 14.9. The Kier molecular flexibility index (Phi) is 4.65. The number of thioether (sulfide) groups is 1. The number of hydrogen-bond donors (Lipinski definition) is 0. The SMILES string of the molecule is CC(SCc1ccccc1)(c1ccccc1)c1ccccc1. The summed E-state index contributed by atoms with van der Waals surface area (Å²) in [5.41, 5.74) is 4.06. The Labute approximate surface area is 137 Å². The van der Waals surface area contributed by atoms with Gasteiger partial charge in [-0.2, -0.15) is 0 Å². The van der Waals surface area contributed by atoms with Crippen molar-refractivity contribution in [3.05, 3.63) is 108 Å². The quantitative estimate of drug-likeness (QED) is 0.567. The van der Waals surface area contributed by atoms with Crippen LogP contribution < -0.4 is 0 Å². The van der Waals surface area contributed by atoms with Gasteiger partial charge in [-0.15, -0.1) is 11.8 Å².